The Kier molecular flexibility index (Phi) is 5.14. The van der Waals surface area contributed by atoms with Gasteiger partial charge in [-0.15, -0.1) is 0 Å². The lowest BCUT2D eigenvalue weighted by molar-refractivity contribution is -0.147. The summed E-state index contributed by atoms with van der Waals surface area (Å²) in [5, 5.41) is 0.762. The van der Waals surface area contributed by atoms with Crippen molar-refractivity contribution in [2.75, 3.05) is 0 Å². The highest BCUT2D eigenvalue weighted by molar-refractivity contribution is 7.90. The molecular weight excluding hydrogens is 418 g/mol. The molecule has 0 unspecified atom stereocenters. The molecule has 8 nitrogen and oxygen atoms in total. The van der Waals surface area contributed by atoms with E-state index in [-0.39, 0.29) is 16.5 Å². The summed E-state index contributed by atoms with van der Waals surface area (Å²) in [6.45, 7) is 4.79. The molecule has 0 bridgehead atoms. The Morgan fingerprint density at radius 1 is 1.03 bits per heavy atom. The number of aryl methyl sites for hydroxylation is 1. The van der Waals surface area contributed by atoms with E-state index in [4.69, 9.17) is 4.74 Å². The van der Waals surface area contributed by atoms with Crippen molar-refractivity contribution in [3.8, 4) is 0 Å². The second-order valence-electron chi connectivity index (χ2n) is 7.37. The number of hydrogen-bond acceptors (Lipinski definition) is 6. The van der Waals surface area contributed by atoms with Gasteiger partial charge in [0.15, 0.2) is 6.10 Å². The molecule has 2 atom stereocenters. The van der Waals surface area contributed by atoms with Crippen molar-refractivity contribution in [3.63, 3.8) is 0 Å². The van der Waals surface area contributed by atoms with Crippen LogP contribution in [-0.4, -0.2) is 43.1 Å². The first kappa shape index (κ1) is 20.8. The molecule has 2 aromatic carbocycles. The van der Waals surface area contributed by atoms with Crippen molar-refractivity contribution < 1.29 is 22.7 Å². The van der Waals surface area contributed by atoms with Gasteiger partial charge >= 0.3 is 5.97 Å². The molecule has 0 amide bonds. The SMILES string of the molecule is Cc1[nH]c2ccccc2c1C(=O)[C@H](C)OC(=O)[C@@H](C)N=C1NS(=O)(=O)c2ccccc21. The minimum absolute atomic E-state index is 0.0755. The predicted molar refractivity (Wildman–Crippen MR) is 116 cm³/mol. The Hall–Kier alpha value is -3.46. The average molecular weight is 439 g/mol. The van der Waals surface area contributed by atoms with E-state index in [0.717, 1.165) is 10.9 Å². The number of benzene rings is 2. The fourth-order valence-electron chi connectivity index (χ4n) is 3.60. The van der Waals surface area contributed by atoms with Crippen LogP contribution in [0, 0.1) is 6.92 Å². The summed E-state index contributed by atoms with van der Waals surface area (Å²) in [6, 6.07) is 12.8. The largest absolute Gasteiger partial charge is 0.453 e. The van der Waals surface area contributed by atoms with Gasteiger partial charge in [0, 0.05) is 27.7 Å². The molecule has 0 saturated carbocycles. The summed E-state index contributed by atoms with van der Waals surface area (Å²) in [5.74, 6) is -0.976. The highest BCUT2D eigenvalue weighted by Gasteiger charge is 2.32. The second kappa shape index (κ2) is 7.66. The Labute approximate surface area is 179 Å². The highest BCUT2D eigenvalue weighted by atomic mass is 32.2. The molecule has 1 aliphatic heterocycles. The third-order valence-corrected chi connectivity index (χ3v) is 6.53. The molecule has 160 valence electrons. The van der Waals surface area contributed by atoms with Crippen LogP contribution in [0.1, 0.15) is 35.5 Å². The molecule has 31 heavy (non-hydrogen) atoms. The lowest BCUT2D eigenvalue weighted by Crippen LogP contribution is -2.31. The van der Waals surface area contributed by atoms with Gasteiger partial charge in [0.25, 0.3) is 10.0 Å². The topological polar surface area (TPSA) is 118 Å². The summed E-state index contributed by atoms with van der Waals surface area (Å²) in [6.07, 6.45) is -1.03. The standard InChI is InChI=1S/C22H21N3O5S/c1-12-19(15-8-4-6-10-17(15)23-12)20(26)14(3)30-22(27)13(2)24-21-16-9-5-7-11-18(16)31(28,29)25-21/h4-11,13-14,23H,1-3H3,(H,24,25)/t13-,14+/m1/s1. The maximum Gasteiger partial charge on any atom is 0.331 e. The zero-order chi connectivity index (χ0) is 22.3. The normalized spacial score (nSPS) is 17.7. The number of esters is 1. The first-order valence-corrected chi connectivity index (χ1v) is 11.2. The molecule has 0 aliphatic carbocycles. The molecule has 4 rings (SSSR count). The van der Waals surface area contributed by atoms with Gasteiger partial charge in [0.1, 0.15) is 11.9 Å². The van der Waals surface area contributed by atoms with E-state index in [2.05, 4.69) is 14.7 Å². The van der Waals surface area contributed by atoms with E-state index < -0.39 is 28.1 Å². The van der Waals surface area contributed by atoms with Crippen LogP contribution in [0.15, 0.2) is 58.4 Å². The summed E-state index contributed by atoms with van der Waals surface area (Å²) in [5.41, 5.74) is 2.39. The van der Waals surface area contributed by atoms with Gasteiger partial charge in [0.05, 0.1) is 4.90 Å². The van der Waals surface area contributed by atoms with Gasteiger partial charge < -0.3 is 9.72 Å². The molecule has 3 aromatic rings. The number of aromatic nitrogens is 1. The van der Waals surface area contributed by atoms with Crippen molar-refractivity contribution in [1.29, 1.82) is 0 Å². The molecular formula is C22H21N3O5S. The number of rotatable bonds is 5. The van der Waals surface area contributed by atoms with Crippen LogP contribution in [0.2, 0.25) is 0 Å². The number of Topliss-reactive ketones (excluding diaryl/α,β-unsaturated/α-hetero) is 1. The zero-order valence-electron chi connectivity index (χ0n) is 17.2. The molecule has 2 N–H and O–H groups in total. The van der Waals surface area contributed by atoms with Crippen LogP contribution in [0.5, 0.6) is 0 Å². The third-order valence-electron chi connectivity index (χ3n) is 5.13. The van der Waals surface area contributed by atoms with E-state index in [1.165, 1.54) is 19.9 Å². The first-order valence-electron chi connectivity index (χ1n) is 9.71. The summed E-state index contributed by atoms with van der Waals surface area (Å²) in [7, 11) is -3.71. The lowest BCUT2D eigenvalue weighted by atomic mass is 10.0. The van der Waals surface area contributed by atoms with Crippen LogP contribution in [0.3, 0.4) is 0 Å². The molecule has 1 aromatic heterocycles. The number of sulfonamides is 1. The van der Waals surface area contributed by atoms with Gasteiger partial charge in [-0.1, -0.05) is 30.3 Å². The number of aromatic amines is 1. The number of para-hydroxylation sites is 1. The molecule has 2 heterocycles. The van der Waals surface area contributed by atoms with E-state index in [1.54, 1.807) is 25.1 Å². The van der Waals surface area contributed by atoms with Crippen LogP contribution < -0.4 is 4.72 Å². The molecule has 0 spiro atoms. The minimum atomic E-state index is -3.71. The van der Waals surface area contributed by atoms with Crippen LogP contribution in [0.25, 0.3) is 10.9 Å². The number of hydrogen-bond donors (Lipinski definition) is 2. The van der Waals surface area contributed by atoms with Gasteiger partial charge in [0.2, 0.25) is 5.78 Å². The van der Waals surface area contributed by atoms with Crippen molar-refractivity contribution >= 4 is 38.5 Å². The van der Waals surface area contributed by atoms with Crippen LogP contribution in [-0.2, 0) is 19.6 Å². The number of fused-ring (bicyclic) bond motifs is 2. The Balaban J connectivity index is 1.52. The van der Waals surface area contributed by atoms with Crippen molar-refractivity contribution in [3.05, 3.63) is 65.4 Å². The monoisotopic (exact) mass is 439 g/mol. The number of carbonyl (C=O) groups is 2. The summed E-state index contributed by atoms with van der Waals surface area (Å²) < 4.78 is 32.1. The molecule has 1 aliphatic rings. The maximum absolute atomic E-state index is 13.0. The quantitative estimate of drug-likeness (QED) is 0.468. The lowest BCUT2D eigenvalue weighted by Gasteiger charge is -2.15. The van der Waals surface area contributed by atoms with E-state index in [1.807, 2.05) is 24.3 Å². The zero-order valence-corrected chi connectivity index (χ0v) is 18.0. The molecule has 9 heteroatoms. The number of carbonyl (C=O) groups excluding carboxylic acids is 2. The van der Waals surface area contributed by atoms with Gasteiger partial charge in [-0.25, -0.2) is 13.2 Å². The summed E-state index contributed by atoms with van der Waals surface area (Å²) >= 11 is 0. The number of nitrogens with zero attached hydrogens (tertiary/aromatic N) is 1. The highest BCUT2D eigenvalue weighted by Crippen LogP contribution is 2.25. The summed E-state index contributed by atoms with van der Waals surface area (Å²) in [4.78, 5) is 33.0. The number of nitrogens with one attached hydrogen (secondary N) is 2. The number of H-pyrrole nitrogens is 1. The number of aliphatic imine (C=N–C) groups is 1. The van der Waals surface area contributed by atoms with Crippen molar-refractivity contribution in [2.45, 2.75) is 37.8 Å². The Bertz CT molecular complexity index is 1340. The Morgan fingerprint density at radius 3 is 2.48 bits per heavy atom. The molecule has 0 fully saturated rings. The van der Waals surface area contributed by atoms with Gasteiger partial charge in [-0.05, 0) is 39.0 Å². The predicted octanol–water partition coefficient (Wildman–Crippen LogP) is 2.72. The van der Waals surface area contributed by atoms with E-state index in [0.29, 0.717) is 16.8 Å². The van der Waals surface area contributed by atoms with Crippen LogP contribution in [0.4, 0.5) is 0 Å². The first-order chi connectivity index (χ1) is 14.7. The fraction of sp³-hybridized carbons (Fsp3) is 0.227. The maximum atomic E-state index is 13.0. The van der Waals surface area contributed by atoms with E-state index >= 15 is 0 Å². The second-order valence-corrected chi connectivity index (χ2v) is 9.02. The smallest absolute Gasteiger partial charge is 0.331 e. The Morgan fingerprint density at radius 2 is 1.71 bits per heavy atom. The number of ketones is 1. The number of amidine groups is 1. The minimum Gasteiger partial charge on any atom is -0.453 e. The van der Waals surface area contributed by atoms with Crippen molar-refractivity contribution in [1.82, 2.24) is 9.71 Å². The molecule has 0 radical (unpaired) electrons. The van der Waals surface area contributed by atoms with Crippen molar-refractivity contribution in [2.24, 2.45) is 4.99 Å². The van der Waals surface area contributed by atoms with Crippen LogP contribution >= 0.6 is 0 Å². The number of ether oxygens (including phenoxy) is 1. The van der Waals surface area contributed by atoms with Gasteiger partial charge in [-0.3, -0.25) is 14.5 Å². The molecule has 0 saturated heterocycles. The van der Waals surface area contributed by atoms with E-state index in [9.17, 15) is 18.0 Å². The average Bonchev–Trinajstić information content (AvgIpc) is 3.20. The van der Waals surface area contributed by atoms with Gasteiger partial charge in [-0.2, -0.15) is 0 Å². The fourth-order valence-corrected chi connectivity index (χ4v) is 4.84. The third kappa shape index (κ3) is 3.72.